The number of fused-ring (bicyclic) bond motifs is 1. The summed E-state index contributed by atoms with van der Waals surface area (Å²) in [5, 5.41) is 5.90. The fraction of sp³-hybridized carbons (Fsp3) is 0.308. The Hall–Kier alpha value is -3.21. The van der Waals surface area contributed by atoms with Crippen molar-refractivity contribution >= 4 is 43.4 Å². The molecule has 0 saturated carbocycles. The van der Waals surface area contributed by atoms with Crippen LogP contribution < -0.4 is 10.1 Å². The molecule has 0 spiro atoms. The fourth-order valence-corrected chi connectivity index (χ4v) is 7.01. The van der Waals surface area contributed by atoms with E-state index in [0.29, 0.717) is 40.0 Å². The molecule has 0 radical (unpaired) electrons. The second kappa shape index (κ2) is 10.0. The van der Waals surface area contributed by atoms with Gasteiger partial charge in [-0.2, -0.15) is 4.31 Å². The number of carbonyl (C=O) groups is 1. The third-order valence-corrected chi connectivity index (χ3v) is 9.20. The molecule has 4 aromatic rings. The maximum atomic E-state index is 13.2. The number of thiazole rings is 1. The number of ether oxygens (including phenoxy) is 1. The van der Waals surface area contributed by atoms with Crippen molar-refractivity contribution in [2.75, 3.05) is 19.0 Å². The van der Waals surface area contributed by atoms with E-state index in [1.807, 2.05) is 31.2 Å². The summed E-state index contributed by atoms with van der Waals surface area (Å²) in [4.78, 5) is 17.5. The number of carbonyl (C=O) groups excluding carboxylic acids is 1. The summed E-state index contributed by atoms with van der Waals surface area (Å²) in [5.41, 5.74) is 1.59. The van der Waals surface area contributed by atoms with Crippen LogP contribution in [0.2, 0.25) is 0 Å². The van der Waals surface area contributed by atoms with E-state index >= 15 is 0 Å². The van der Waals surface area contributed by atoms with E-state index in [0.717, 1.165) is 31.1 Å². The molecule has 1 atom stereocenters. The minimum Gasteiger partial charge on any atom is -0.493 e. The van der Waals surface area contributed by atoms with Crippen LogP contribution in [0.5, 0.6) is 5.75 Å². The summed E-state index contributed by atoms with van der Waals surface area (Å²) in [5.74, 6) is 0.845. The number of hydrogen-bond acceptors (Lipinski definition) is 7. The lowest BCUT2D eigenvalue weighted by molar-refractivity contribution is 0.102. The van der Waals surface area contributed by atoms with Crippen molar-refractivity contribution in [3.8, 4) is 17.2 Å². The molecule has 1 aliphatic rings. The minimum absolute atomic E-state index is 0.0265. The van der Waals surface area contributed by atoms with Crippen LogP contribution in [-0.2, 0) is 10.0 Å². The van der Waals surface area contributed by atoms with Gasteiger partial charge in [0.25, 0.3) is 5.91 Å². The van der Waals surface area contributed by atoms with E-state index in [9.17, 15) is 13.2 Å². The van der Waals surface area contributed by atoms with Gasteiger partial charge < -0.3 is 9.15 Å². The fourth-order valence-electron chi connectivity index (χ4n) is 4.55. The zero-order valence-electron chi connectivity index (χ0n) is 20.1. The van der Waals surface area contributed by atoms with Crippen LogP contribution in [0.1, 0.15) is 43.0 Å². The van der Waals surface area contributed by atoms with Gasteiger partial charge in [-0.1, -0.05) is 25.5 Å². The summed E-state index contributed by atoms with van der Waals surface area (Å²) in [7, 11) is -2.01. The molecule has 1 amide bonds. The summed E-state index contributed by atoms with van der Waals surface area (Å²) in [6.07, 6.45) is 3.59. The first-order valence-electron chi connectivity index (χ1n) is 11.9. The smallest absolute Gasteiger partial charge is 0.257 e. The van der Waals surface area contributed by atoms with Crippen molar-refractivity contribution in [2.24, 2.45) is 0 Å². The van der Waals surface area contributed by atoms with Crippen LogP contribution in [0.15, 0.2) is 63.2 Å². The van der Waals surface area contributed by atoms with Gasteiger partial charge in [0.15, 0.2) is 22.2 Å². The number of nitrogens with one attached hydrogen (secondary N) is 1. The Bertz CT molecular complexity index is 1490. The van der Waals surface area contributed by atoms with Gasteiger partial charge >= 0.3 is 0 Å². The average Bonchev–Trinajstić information content (AvgIpc) is 3.55. The maximum absolute atomic E-state index is 13.2. The Morgan fingerprint density at radius 2 is 2.03 bits per heavy atom. The van der Waals surface area contributed by atoms with E-state index in [4.69, 9.17) is 9.15 Å². The highest BCUT2D eigenvalue weighted by Gasteiger charge is 2.32. The van der Waals surface area contributed by atoms with Gasteiger partial charge in [0.1, 0.15) is 5.69 Å². The Balaban J connectivity index is 1.30. The SMILES string of the molecule is CCC1CCCCN1S(=O)(=O)c1ccc(C(=O)Nc2nc(-c3cc4cccc(OC)c4o3)cs2)cc1. The van der Waals surface area contributed by atoms with Crippen molar-refractivity contribution in [2.45, 2.75) is 43.5 Å². The number of hydrogen-bond donors (Lipinski definition) is 1. The van der Waals surface area contributed by atoms with E-state index in [1.165, 1.54) is 35.6 Å². The molecule has 1 unspecified atom stereocenters. The molecule has 3 heterocycles. The lowest BCUT2D eigenvalue weighted by atomic mass is 10.0. The van der Waals surface area contributed by atoms with Crippen LogP contribution in [-0.4, -0.2) is 43.3 Å². The highest BCUT2D eigenvalue weighted by Crippen LogP contribution is 2.34. The van der Waals surface area contributed by atoms with E-state index in [2.05, 4.69) is 10.3 Å². The van der Waals surface area contributed by atoms with Crippen LogP contribution in [0, 0.1) is 0 Å². The number of aromatic nitrogens is 1. The number of rotatable bonds is 7. The minimum atomic E-state index is -3.60. The second-order valence-corrected chi connectivity index (χ2v) is 11.4. The van der Waals surface area contributed by atoms with Gasteiger partial charge in [-0.15, -0.1) is 11.3 Å². The van der Waals surface area contributed by atoms with Gasteiger partial charge in [-0.25, -0.2) is 13.4 Å². The number of nitrogens with zero attached hydrogens (tertiary/aromatic N) is 2. The predicted octanol–water partition coefficient (Wildman–Crippen LogP) is 5.77. The standard InChI is InChI=1S/C26H27N3O5S2/c1-3-19-8-4-5-14-29(19)36(31,32)20-12-10-17(11-13-20)25(30)28-26-27-21(16-35-26)23-15-18-7-6-9-22(33-2)24(18)34-23/h6-7,9-13,15-16,19H,3-5,8,14H2,1-2H3,(H,27,28,30). The Morgan fingerprint density at radius 1 is 1.22 bits per heavy atom. The normalized spacial score (nSPS) is 16.8. The molecule has 1 aliphatic heterocycles. The van der Waals surface area contributed by atoms with Crippen molar-refractivity contribution in [3.63, 3.8) is 0 Å². The summed E-state index contributed by atoms with van der Waals surface area (Å²) in [6.45, 7) is 2.55. The summed E-state index contributed by atoms with van der Waals surface area (Å²) >= 11 is 1.28. The van der Waals surface area contributed by atoms with Gasteiger partial charge in [0.2, 0.25) is 10.0 Å². The van der Waals surface area contributed by atoms with Crippen molar-refractivity contribution in [1.82, 2.24) is 9.29 Å². The highest BCUT2D eigenvalue weighted by molar-refractivity contribution is 7.89. The molecule has 188 valence electrons. The molecule has 0 bridgehead atoms. The molecule has 2 aromatic carbocycles. The van der Waals surface area contributed by atoms with Crippen LogP contribution >= 0.6 is 11.3 Å². The van der Waals surface area contributed by atoms with Gasteiger partial charge in [0, 0.05) is 28.9 Å². The average molecular weight is 526 g/mol. The molecule has 8 nitrogen and oxygen atoms in total. The largest absolute Gasteiger partial charge is 0.493 e. The van der Waals surface area contributed by atoms with Gasteiger partial charge in [0.05, 0.1) is 12.0 Å². The van der Waals surface area contributed by atoms with Crippen molar-refractivity contribution in [3.05, 3.63) is 59.5 Å². The Kier molecular flexibility index (Phi) is 6.83. The lowest BCUT2D eigenvalue weighted by Gasteiger charge is -2.34. The lowest BCUT2D eigenvalue weighted by Crippen LogP contribution is -2.43. The third-order valence-electron chi connectivity index (χ3n) is 6.47. The predicted molar refractivity (Wildman–Crippen MR) is 140 cm³/mol. The molecule has 1 saturated heterocycles. The third kappa shape index (κ3) is 4.63. The number of methoxy groups -OCH3 is 1. The number of para-hydroxylation sites is 1. The summed E-state index contributed by atoms with van der Waals surface area (Å²) in [6, 6.07) is 13.6. The number of piperidine rings is 1. The molecule has 5 rings (SSSR count). The van der Waals surface area contributed by atoms with Gasteiger partial charge in [-0.05, 0) is 55.7 Å². The Labute approximate surface area is 214 Å². The van der Waals surface area contributed by atoms with Crippen LogP contribution in [0.25, 0.3) is 22.4 Å². The zero-order valence-corrected chi connectivity index (χ0v) is 21.7. The number of furan rings is 1. The topological polar surface area (TPSA) is 102 Å². The first-order chi connectivity index (χ1) is 17.4. The Morgan fingerprint density at radius 3 is 2.78 bits per heavy atom. The monoisotopic (exact) mass is 525 g/mol. The van der Waals surface area contributed by atoms with Crippen LogP contribution in [0.4, 0.5) is 5.13 Å². The maximum Gasteiger partial charge on any atom is 0.257 e. The zero-order chi connectivity index (χ0) is 25.3. The first-order valence-corrected chi connectivity index (χ1v) is 14.2. The molecular weight excluding hydrogens is 498 g/mol. The highest BCUT2D eigenvalue weighted by atomic mass is 32.2. The summed E-state index contributed by atoms with van der Waals surface area (Å²) < 4.78 is 39.2. The van der Waals surface area contributed by atoms with Crippen LogP contribution in [0.3, 0.4) is 0 Å². The van der Waals surface area contributed by atoms with Crippen molar-refractivity contribution in [1.29, 1.82) is 0 Å². The molecular formula is C26H27N3O5S2. The number of sulfonamides is 1. The molecule has 1 N–H and O–H groups in total. The molecule has 0 aliphatic carbocycles. The van der Waals surface area contributed by atoms with Gasteiger partial charge in [-0.3, -0.25) is 10.1 Å². The number of amides is 1. The molecule has 36 heavy (non-hydrogen) atoms. The number of benzene rings is 2. The molecule has 1 fully saturated rings. The molecule has 2 aromatic heterocycles. The number of anilines is 1. The van der Waals surface area contributed by atoms with E-state index < -0.39 is 10.0 Å². The quantitative estimate of drug-likeness (QED) is 0.329. The first kappa shape index (κ1) is 24.5. The van der Waals surface area contributed by atoms with E-state index in [1.54, 1.807) is 16.8 Å². The second-order valence-electron chi connectivity index (χ2n) is 8.68. The van der Waals surface area contributed by atoms with Crippen molar-refractivity contribution < 1.29 is 22.4 Å². The van der Waals surface area contributed by atoms with E-state index in [-0.39, 0.29) is 16.8 Å². The molecule has 10 heteroatoms.